The Hall–Kier alpha value is -2.08. The first-order chi connectivity index (χ1) is 12.4. The molecule has 0 atom stereocenters. The van der Waals surface area contributed by atoms with Gasteiger partial charge in [-0.2, -0.15) is 0 Å². The zero-order chi connectivity index (χ0) is 18.7. The molecule has 134 valence electrons. The molecule has 0 bridgehead atoms. The van der Waals surface area contributed by atoms with Gasteiger partial charge in [0.25, 0.3) is 5.91 Å². The van der Waals surface area contributed by atoms with Crippen molar-refractivity contribution in [3.05, 3.63) is 63.0 Å². The number of carbonyl (C=O) groups is 1. The summed E-state index contributed by atoms with van der Waals surface area (Å²) in [6.45, 7) is 3.89. The molecule has 0 aliphatic carbocycles. The number of nitrogens with one attached hydrogen (secondary N) is 1. The van der Waals surface area contributed by atoms with E-state index in [1.807, 2.05) is 37.4 Å². The summed E-state index contributed by atoms with van der Waals surface area (Å²) in [5, 5.41) is 6.13. The lowest BCUT2D eigenvalue weighted by Gasteiger charge is -2.07. The van der Waals surface area contributed by atoms with Gasteiger partial charge in [-0.3, -0.25) is 10.1 Å². The van der Waals surface area contributed by atoms with Gasteiger partial charge in [-0.25, -0.2) is 4.98 Å². The second kappa shape index (κ2) is 8.08. The van der Waals surface area contributed by atoms with Crippen molar-refractivity contribution in [3.8, 4) is 17.0 Å². The Labute approximate surface area is 165 Å². The number of anilines is 1. The molecule has 0 aliphatic heterocycles. The van der Waals surface area contributed by atoms with Crippen LogP contribution in [-0.4, -0.2) is 17.5 Å². The fraction of sp³-hybridized carbons (Fsp3) is 0.158. The number of hydrogen-bond acceptors (Lipinski definition) is 4. The molecule has 2 aromatic carbocycles. The van der Waals surface area contributed by atoms with E-state index >= 15 is 0 Å². The Bertz CT molecular complexity index is 936. The Morgan fingerprint density at radius 1 is 1.15 bits per heavy atom. The molecule has 1 heterocycles. The van der Waals surface area contributed by atoms with E-state index in [-0.39, 0.29) is 12.5 Å². The third-order valence-electron chi connectivity index (χ3n) is 3.52. The fourth-order valence-electron chi connectivity index (χ4n) is 2.47. The van der Waals surface area contributed by atoms with Gasteiger partial charge in [-0.1, -0.05) is 29.3 Å². The minimum Gasteiger partial charge on any atom is -0.484 e. The first-order valence-corrected chi connectivity index (χ1v) is 9.46. The van der Waals surface area contributed by atoms with Crippen molar-refractivity contribution < 1.29 is 9.53 Å². The molecule has 1 N–H and O–H groups in total. The molecule has 26 heavy (non-hydrogen) atoms. The first-order valence-electron chi connectivity index (χ1n) is 7.82. The molecule has 7 heteroatoms. The molecule has 3 rings (SSSR count). The zero-order valence-corrected chi connectivity index (χ0v) is 16.5. The highest BCUT2D eigenvalue weighted by Gasteiger charge is 2.11. The standard InChI is InChI=1S/C19H16Cl2N2O2S/c1-11-5-12(2)7-14(6-11)25-9-18(24)23-19-22-17(10-26-19)15-4-3-13(20)8-16(15)21/h3-8,10H,9H2,1-2H3,(H,22,23,24). The van der Waals surface area contributed by atoms with E-state index in [0.717, 1.165) is 16.7 Å². The summed E-state index contributed by atoms with van der Waals surface area (Å²) in [5.74, 6) is 0.401. The molecular formula is C19H16Cl2N2O2S. The van der Waals surface area contributed by atoms with Crippen LogP contribution in [0.15, 0.2) is 41.8 Å². The summed E-state index contributed by atoms with van der Waals surface area (Å²) in [6, 6.07) is 11.0. The predicted octanol–water partition coefficient (Wildman–Crippen LogP) is 5.75. The van der Waals surface area contributed by atoms with E-state index in [4.69, 9.17) is 27.9 Å². The van der Waals surface area contributed by atoms with Crippen LogP contribution in [0.3, 0.4) is 0 Å². The number of rotatable bonds is 5. The van der Waals surface area contributed by atoms with Crippen molar-refractivity contribution in [2.75, 3.05) is 11.9 Å². The topological polar surface area (TPSA) is 51.2 Å². The summed E-state index contributed by atoms with van der Waals surface area (Å²) in [7, 11) is 0. The Balaban J connectivity index is 1.62. The van der Waals surface area contributed by atoms with Crippen LogP contribution in [0.2, 0.25) is 10.0 Å². The van der Waals surface area contributed by atoms with Crippen molar-refractivity contribution in [2.24, 2.45) is 0 Å². The van der Waals surface area contributed by atoms with E-state index in [0.29, 0.717) is 26.6 Å². The largest absolute Gasteiger partial charge is 0.484 e. The van der Waals surface area contributed by atoms with Gasteiger partial charge in [-0.15, -0.1) is 11.3 Å². The molecule has 0 aliphatic rings. The Kier molecular flexibility index (Phi) is 5.81. The van der Waals surface area contributed by atoms with E-state index in [2.05, 4.69) is 10.3 Å². The molecule has 0 saturated carbocycles. The minimum atomic E-state index is -0.271. The quantitative estimate of drug-likeness (QED) is 0.586. The van der Waals surface area contributed by atoms with E-state index in [1.165, 1.54) is 11.3 Å². The van der Waals surface area contributed by atoms with Gasteiger partial charge in [-0.05, 0) is 55.3 Å². The molecule has 0 unspecified atom stereocenters. The summed E-state index contributed by atoms with van der Waals surface area (Å²) in [4.78, 5) is 16.5. The van der Waals surface area contributed by atoms with Crippen LogP contribution in [0.25, 0.3) is 11.3 Å². The summed E-state index contributed by atoms with van der Waals surface area (Å²) >= 11 is 13.4. The van der Waals surface area contributed by atoms with Crippen LogP contribution in [0.1, 0.15) is 11.1 Å². The van der Waals surface area contributed by atoms with Crippen molar-refractivity contribution in [1.82, 2.24) is 4.98 Å². The number of hydrogen-bond donors (Lipinski definition) is 1. The highest BCUT2D eigenvalue weighted by atomic mass is 35.5. The Morgan fingerprint density at radius 3 is 2.58 bits per heavy atom. The van der Waals surface area contributed by atoms with Crippen molar-refractivity contribution in [3.63, 3.8) is 0 Å². The summed E-state index contributed by atoms with van der Waals surface area (Å²) in [5.41, 5.74) is 3.62. The minimum absolute atomic E-state index is 0.0838. The maximum atomic E-state index is 12.1. The highest BCUT2D eigenvalue weighted by Crippen LogP contribution is 2.32. The maximum absolute atomic E-state index is 12.1. The normalized spacial score (nSPS) is 10.6. The lowest BCUT2D eigenvalue weighted by atomic mass is 10.1. The van der Waals surface area contributed by atoms with Gasteiger partial charge >= 0.3 is 0 Å². The molecule has 3 aromatic rings. The molecule has 4 nitrogen and oxygen atoms in total. The number of thiazole rings is 1. The van der Waals surface area contributed by atoms with Gasteiger partial charge in [0.15, 0.2) is 11.7 Å². The third kappa shape index (κ3) is 4.75. The summed E-state index contributed by atoms with van der Waals surface area (Å²) < 4.78 is 5.55. The van der Waals surface area contributed by atoms with Crippen LogP contribution in [-0.2, 0) is 4.79 Å². The van der Waals surface area contributed by atoms with Crippen LogP contribution < -0.4 is 10.1 Å². The molecule has 1 amide bonds. The number of halogens is 2. The average molecular weight is 407 g/mol. The lowest BCUT2D eigenvalue weighted by Crippen LogP contribution is -2.20. The van der Waals surface area contributed by atoms with Crippen LogP contribution in [0.5, 0.6) is 5.75 Å². The second-order valence-electron chi connectivity index (χ2n) is 5.82. The monoisotopic (exact) mass is 406 g/mol. The lowest BCUT2D eigenvalue weighted by molar-refractivity contribution is -0.118. The molecule has 0 fully saturated rings. The number of aryl methyl sites for hydroxylation is 2. The third-order valence-corrected chi connectivity index (χ3v) is 4.83. The van der Waals surface area contributed by atoms with Gasteiger partial charge in [0.2, 0.25) is 0 Å². The predicted molar refractivity (Wildman–Crippen MR) is 108 cm³/mol. The van der Waals surface area contributed by atoms with Gasteiger partial charge in [0.1, 0.15) is 5.75 Å². The summed E-state index contributed by atoms with van der Waals surface area (Å²) in [6.07, 6.45) is 0. The van der Waals surface area contributed by atoms with Crippen LogP contribution in [0.4, 0.5) is 5.13 Å². The van der Waals surface area contributed by atoms with Crippen molar-refractivity contribution in [1.29, 1.82) is 0 Å². The van der Waals surface area contributed by atoms with Crippen molar-refractivity contribution >= 4 is 45.6 Å². The van der Waals surface area contributed by atoms with Crippen LogP contribution >= 0.6 is 34.5 Å². The highest BCUT2D eigenvalue weighted by molar-refractivity contribution is 7.14. The zero-order valence-electron chi connectivity index (χ0n) is 14.2. The number of ether oxygens (including phenoxy) is 1. The second-order valence-corrected chi connectivity index (χ2v) is 7.52. The van der Waals surface area contributed by atoms with E-state index < -0.39 is 0 Å². The molecule has 1 aromatic heterocycles. The molecule has 0 spiro atoms. The molecular weight excluding hydrogens is 391 g/mol. The number of benzene rings is 2. The SMILES string of the molecule is Cc1cc(C)cc(OCC(=O)Nc2nc(-c3ccc(Cl)cc3Cl)cs2)c1. The van der Waals surface area contributed by atoms with Crippen molar-refractivity contribution in [2.45, 2.75) is 13.8 Å². The smallest absolute Gasteiger partial charge is 0.264 e. The maximum Gasteiger partial charge on any atom is 0.264 e. The van der Waals surface area contributed by atoms with Gasteiger partial charge < -0.3 is 4.74 Å². The van der Waals surface area contributed by atoms with Gasteiger partial charge in [0, 0.05) is 16.0 Å². The van der Waals surface area contributed by atoms with Gasteiger partial charge in [0.05, 0.1) is 10.7 Å². The van der Waals surface area contributed by atoms with E-state index in [1.54, 1.807) is 18.2 Å². The Morgan fingerprint density at radius 2 is 1.88 bits per heavy atom. The van der Waals surface area contributed by atoms with E-state index in [9.17, 15) is 4.79 Å². The fourth-order valence-corrected chi connectivity index (χ4v) is 3.70. The number of amides is 1. The number of aromatic nitrogens is 1. The van der Waals surface area contributed by atoms with Crippen LogP contribution in [0, 0.1) is 13.8 Å². The molecule has 0 saturated heterocycles. The number of carbonyl (C=O) groups excluding carboxylic acids is 1. The number of nitrogens with zero attached hydrogens (tertiary/aromatic N) is 1. The molecule has 0 radical (unpaired) electrons. The first kappa shape index (κ1) is 18.7. The average Bonchev–Trinajstić information content (AvgIpc) is 3.00.